The van der Waals surface area contributed by atoms with Crippen LogP contribution in [0.4, 0.5) is 0 Å². The van der Waals surface area contributed by atoms with E-state index in [4.69, 9.17) is 37.0 Å². The molecular weight excluding hydrogens is 1350 g/mol. The van der Waals surface area contributed by atoms with E-state index < -0.39 is 97.5 Å². The third kappa shape index (κ3) is 75.5. The second-order valence-electron chi connectivity index (χ2n) is 31.1. The fourth-order valence-electron chi connectivity index (χ4n) is 13.2. The normalized spacial score (nSPS) is 14.4. The Kier molecular flexibility index (Phi) is 75.0. The van der Waals surface area contributed by atoms with Crippen LogP contribution >= 0.6 is 15.6 Å². The highest BCUT2D eigenvalue weighted by Gasteiger charge is 2.30. The fourth-order valence-corrected chi connectivity index (χ4v) is 14.8. The van der Waals surface area contributed by atoms with E-state index >= 15 is 0 Å². The summed E-state index contributed by atoms with van der Waals surface area (Å²) in [7, 11) is -9.92. The maximum Gasteiger partial charge on any atom is 0.472 e. The Morgan fingerprint density at radius 2 is 0.462 bits per heavy atom. The molecule has 0 aromatic carbocycles. The predicted octanol–water partition coefficient (Wildman–Crippen LogP) is 25.8. The van der Waals surface area contributed by atoms with Crippen LogP contribution in [0.25, 0.3) is 0 Å². The number of rotatable bonds is 84. The van der Waals surface area contributed by atoms with Crippen LogP contribution in [-0.2, 0) is 65.4 Å². The van der Waals surface area contributed by atoms with Crippen molar-refractivity contribution in [1.82, 2.24) is 0 Å². The Bertz CT molecular complexity index is 2000. The molecule has 104 heavy (non-hydrogen) atoms. The lowest BCUT2D eigenvalue weighted by Crippen LogP contribution is -2.30. The first-order chi connectivity index (χ1) is 50.4. The Morgan fingerprint density at radius 1 is 0.269 bits per heavy atom. The summed E-state index contributed by atoms with van der Waals surface area (Å²) < 4.78 is 68.7. The maximum absolute atomic E-state index is 13.1. The molecule has 0 aliphatic heterocycles. The summed E-state index contributed by atoms with van der Waals surface area (Å²) in [5, 5.41) is 10.6. The van der Waals surface area contributed by atoms with Gasteiger partial charge >= 0.3 is 39.5 Å². The van der Waals surface area contributed by atoms with Crippen LogP contribution < -0.4 is 0 Å². The molecule has 0 heterocycles. The lowest BCUT2D eigenvalue weighted by Gasteiger charge is -2.21. The van der Waals surface area contributed by atoms with Gasteiger partial charge in [0.2, 0.25) is 0 Å². The highest BCUT2D eigenvalue weighted by Crippen LogP contribution is 2.45. The third-order valence-electron chi connectivity index (χ3n) is 20.7. The molecule has 0 amide bonds. The molecule has 0 spiro atoms. The van der Waals surface area contributed by atoms with Gasteiger partial charge in [0.1, 0.15) is 19.3 Å². The van der Waals surface area contributed by atoms with Crippen molar-refractivity contribution in [3.63, 3.8) is 0 Å². The zero-order chi connectivity index (χ0) is 76.4. The number of carbonyl (C=O) groups excluding carboxylic acids is 4. The smallest absolute Gasteiger partial charge is 0.462 e. The van der Waals surface area contributed by atoms with E-state index in [0.29, 0.717) is 25.7 Å². The molecule has 3 N–H and O–H groups in total. The molecule has 17 nitrogen and oxygen atoms in total. The standard InChI is InChI=1S/C85H166O17P2/c1-7-11-13-15-17-19-21-22-23-24-25-26-27-28-32-35-38-41-45-49-56-62-68-83(88)95-73-80(101-84(89)69-63-57-50-46-42-39-36-33-30-29-31-34-37-40-43-47-53-59-65-77(5)9-3)75-99-103(91,92)97-71-79(86)72-98-104(93,94)100-76-81(102-85(90)70-64-58-52-51-54-60-66-78(6)10-4)74-96-82(87)67-61-55-48-44-20-18-16-14-12-8-2/h77-81,86H,7-76H2,1-6H3,(H,91,92)(H,93,94)/t77?,78?,79-,80-,81-/m1/s1. The molecule has 0 rings (SSSR count). The summed E-state index contributed by atoms with van der Waals surface area (Å²) >= 11 is 0. The summed E-state index contributed by atoms with van der Waals surface area (Å²) in [6.07, 6.45) is 68.3. The van der Waals surface area contributed by atoms with Crippen molar-refractivity contribution in [2.75, 3.05) is 39.6 Å². The molecule has 0 aliphatic rings. The van der Waals surface area contributed by atoms with Crippen LogP contribution in [0.3, 0.4) is 0 Å². The van der Waals surface area contributed by atoms with E-state index in [2.05, 4.69) is 41.5 Å². The Morgan fingerprint density at radius 3 is 0.683 bits per heavy atom. The van der Waals surface area contributed by atoms with Crippen LogP contribution in [0, 0.1) is 11.8 Å². The highest BCUT2D eigenvalue weighted by atomic mass is 31.2. The first-order valence-electron chi connectivity index (χ1n) is 44.1. The second-order valence-corrected chi connectivity index (χ2v) is 34.0. The van der Waals surface area contributed by atoms with Gasteiger partial charge < -0.3 is 33.8 Å². The lowest BCUT2D eigenvalue weighted by atomic mass is 9.99. The van der Waals surface area contributed by atoms with Crippen molar-refractivity contribution < 1.29 is 80.2 Å². The van der Waals surface area contributed by atoms with E-state index in [-0.39, 0.29) is 25.7 Å². The molecular formula is C85H166O17P2. The van der Waals surface area contributed by atoms with Crippen molar-refractivity contribution >= 4 is 39.5 Å². The van der Waals surface area contributed by atoms with Crippen LogP contribution in [-0.4, -0.2) is 96.7 Å². The minimum atomic E-state index is -4.96. The molecule has 0 aromatic rings. The number of ether oxygens (including phenoxy) is 4. The molecule has 7 atom stereocenters. The summed E-state index contributed by atoms with van der Waals surface area (Å²) in [5.74, 6) is -0.518. The molecule has 0 saturated heterocycles. The Labute approximate surface area is 638 Å². The summed E-state index contributed by atoms with van der Waals surface area (Å²) in [6, 6.07) is 0. The number of phosphoric ester groups is 2. The zero-order valence-electron chi connectivity index (χ0n) is 68.3. The van der Waals surface area contributed by atoms with Gasteiger partial charge in [0.05, 0.1) is 26.4 Å². The molecule has 4 unspecified atom stereocenters. The summed E-state index contributed by atoms with van der Waals surface area (Å²) in [6.45, 7) is 9.66. The van der Waals surface area contributed by atoms with Crippen molar-refractivity contribution in [1.29, 1.82) is 0 Å². The largest absolute Gasteiger partial charge is 0.472 e. The average Bonchev–Trinajstić information content (AvgIpc) is 0.903. The van der Waals surface area contributed by atoms with Gasteiger partial charge in [0, 0.05) is 25.7 Å². The van der Waals surface area contributed by atoms with Crippen LogP contribution in [0.15, 0.2) is 0 Å². The number of phosphoric acid groups is 2. The number of carbonyl (C=O) groups is 4. The van der Waals surface area contributed by atoms with Gasteiger partial charge in [-0.1, -0.05) is 401 Å². The quantitative estimate of drug-likeness (QED) is 0.0222. The van der Waals surface area contributed by atoms with Gasteiger partial charge in [-0.05, 0) is 37.5 Å². The van der Waals surface area contributed by atoms with Crippen LogP contribution in [0.1, 0.15) is 452 Å². The number of esters is 4. The Balaban J connectivity index is 5.16. The van der Waals surface area contributed by atoms with Crippen molar-refractivity contribution in [3.05, 3.63) is 0 Å². The zero-order valence-corrected chi connectivity index (χ0v) is 70.1. The molecule has 0 radical (unpaired) electrons. The molecule has 618 valence electrons. The van der Waals surface area contributed by atoms with E-state index in [9.17, 15) is 43.2 Å². The van der Waals surface area contributed by atoms with E-state index in [1.54, 1.807) is 0 Å². The van der Waals surface area contributed by atoms with Crippen LogP contribution in [0.2, 0.25) is 0 Å². The topological polar surface area (TPSA) is 237 Å². The van der Waals surface area contributed by atoms with Gasteiger partial charge in [-0.3, -0.25) is 37.3 Å². The SMILES string of the molecule is CCCCCCCCCCCCCCCCCCCCCCCCC(=O)OC[C@H](COP(=O)(O)OC[C@@H](O)COP(=O)(O)OC[C@@H](COC(=O)CCCCCCCCCCCC)OC(=O)CCCCCCCCC(C)CC)OC(=O)CCCCCCCCCCCCCCCCCCCCC(C)CC. The molecule has 19 heteroatoms. The number of aliphatic hydroxyl groups excluding tert-OH is 1. The molecule has 0 bridgehead atoms. The van der Waals surface area contributed by atoms with E-state index in [1.807, 2.05) is 0 Å². The molecule has 0 aromatic heterocycles. The van der Waals surface area contributed by atoms with Crippen molar-refractivity contribution in [3.8, 4) is 0 Å². The molecule has 0 saturated carbocycles. The van der Waals surface area contributed by atoms with Gasteiger partial charge in [0.15, 0.2) is 12.2 Å². The van der Waals surface area contributed by atoms with Crippen molar-refractivity contribution in [2.24, 2.45) is 11.8 Å². The molecule has 0 aliphatic carbocycles. The number of unbranched alkanes of at least 4 members (excludes halogenated alkanes) is 52. The summed E-state index contributed by atoms with van der Waals surface area (Å²) in [4.78, 5) is 73.0. The first-order valence-corrected chi connectivity index (χ1v) is 47.1. The fraction of sp³-hybridized carbons (Fsp3) is 0.953. The third-order valence-corrected chi connectivity index (χ3v) is 22.6. The summed E-state index contributed by atoms with van der Waals surface area (Å²) in [5.41, 5.74) is 0. The first kappa shape index (κ1) is 102. The number of hydrogen-bond acceptors (Lipinski definition) is 15. The van der Waals surface area contributed by atoms with E-state index in [0.717, 1.165) is 102 Å². The maximum atomic E-state index is 13.1. The van der Waals surface area contributed by atoms with Gasteiger partial charge in [-0.25, -0.2) is 9.13 Å². The highest BCUT2D eigenvalue weighted by molar-refractivity contribution is 7.47. The second kappa shape index (κ2) is 76.4. The van der Waals surface area contributed by atoms with Crippen LogP contribution in [0.5, 0.6) is 0 Å². The van der Waals surface area contributed by atoms with Gasteiger partial charge in [-0.15, -0.1) is 0 Å². The van der Waals surface area contributed by atoms with Gasteiger partial charge in [-0.2, -0.15) is 0 Å². The number of hydrogen-bond donors (Lipinski definition) is 3. The Hall–Kier alpha value is -1.94. The molecule has 0 fully saturated rings. The van der Waals surface area contributed by atoms with Crippen molar-refractivity contribution in [2.45, 2.75) is 471 Å². The monoisotopic (exact) mass is 1520 g/mol. The predicted molar refractivity (Wildman–Crippen MR) is 428 cm³/mol. The van der Waals surface area contributed by atoms with Gasteiger partial charge in [0.25, 0.3) is 0 Å². The van der Waals surface area contributed by atoms with E-state index in [1.165, 1.54) is 270 Å². The lowest BCUT2D eigenvalue weighted by molar-refractivity contribution is -0.161. The minimum absolute atomic E-state index is 0.103. The average molecular weight is 1520 g/mol. The minimum Gasteiger partial charge on any atom is -0.462 e. The number of aliphatic hydroxyl groups is 1.